The Morgan fingerprint density at radius 1 is 1.22 bits per heavy atom. The molecular weight excluding hydrogens is 175 g/mol. The first-order chi connectivity index (χ1) is 4.43. The summed E-state index contributed by atoms with van der Waals surface area (Å²) in [6, 6.07) is 10.1. The van der Waals surface area contributed by atoms with Crippen LogP contribution in [0.5, 0.6) is 0 Å². The second-order valence-corrected chi connectivity index (χ2v) is 2.17. The Morgan fingerprint density at radius 2 is 1.89 bits per heavy atom. The number of hydrogen-bond acceptors (Lipinski definition) is 0. The molecule has 0 aliphatic carbocycles. The summed E-state index contributed by atoms with van der Waals surface area (Å²) in [7, 11) is 0. The number of benzene rings is 1. The molecule has 0 aliphatic rings. The summed E-state index contributed by atoms with van der Waals surface area (Å²) >= 11 is 2.69. The van der Waals surface area contributed by atoms with E-state index in [1.165, 1.54) is 5.56 Å². The predicted molar refractivity (Wildman–Crippen MR) is 41.7 cm³/mol. The molecule has 1 rings (SSSR count). The van der Waals surface area contributed by atoms with Crippen molar-refractivity contribution >= 4 is 26.2 Å². The molecule has 0 nitrogen and oxygen atoms in total. The molecule has 1 aromatic rings. The fourth-order valence-corrected chi connectivity index (χ4v) is 0.903. The van der Waals surface area contributed by atoms with Gasteiger partial charge < -0.3 is 0 Å². The Morgan fingerprint density at radius 3 is 2.44 bits per heavy atom. The van der Waals surface area contributed by atoms with Crippen molar-refractivity contribution in [1.82, 2.24) is 0 Å². The summed E-state index contributed by atoms with van der Waals surface area (Å²) in [5.74, 6) is 0. The molecular formula is C8H6Se. The molecule has 0 atom stereocenters. The average molecular weight is 181 g/mol. The molecule has 1 heteroatoms. The predicted octanol–water partition coefficient (Wildman–Crippen LogP) is 1.27. The summed E-state index contributed by atoms with van der Waals surface area (Å²) in [5, 5.41) is 0. The van der Waals surface area contributed by atoms with E-state index in [0.717, 1.165) is 0 Å². The molecule has 0 unspecified atom stereocenters. The van der Waals surface area contributed by atoms with Crippen LogP contribution in [-0.4, -0.2) is 20.2 Å². The Hall–Kier alpha value is -0.611. The number of hydrogen-bond donors (Lipinski definition) is 0. The maximum absolute atomic E-state index is 2.83. The molecule has 0 spiro atoms. The molecule has 0 radical (unpaired) electrons. The first-order valence-corrected chi connectivity index (χ1v) is 3.55. The second-order valence-electron chi connectivity index (χ2n) is 1.67. The summed E-state index contributed by atoms with van der Waals surface area (Å²) in [6.45, 7) is 0. The van der Waals surface area contributed by atoms with Gasteiger partial charge >= 0.3 is 62.1 Å². The van der Waals surface area contributed by atoms with Crippen molar-refractivity contribution in [2.24, 2.45) is 0 Å². The SMILES string of the molecule is [Se]=C=Cc1ccccc1. The van der Waals surface area contributed by atoms with Gasteiger partial charge in [-0.1, -0.05) is 0 Å². The summed E-state index contributed by atoms with van der Waals surface area (Å²) in [5.41, 5.74) is 1.18. The second kappa shape index (κ2) is 3.42. The van der Waals surface area contributed by atoms with Crippen LogP contribution in [0.15, 0.2) is 30.3 Å². The van der Waals surface area contributed by atoms with E-state index in [4.69, 9.17) is 0 Å². The zero-order valence-electron chi connectivity index (χ0n) is 4.87. The van der Waals surface area contributed by atoms with Gasteiger partial charge in [0.15, 0.2) is 0 Å². The van der Waals surface area contributed by atoms with Crippen LogP contribution >= 0.6 is 0 Å². The molecule has 0 fully saturated rings. The molecule has 1 aromatic carbocycles. The first kappa shape index (κ1) is 6.51. The molecule has 0 amide bonds. The Labute approximate surface area is 62.6 Å². The minimum absolute atomic E-state index is 1.18. The van der Waals surface area contributed by atoms with Crippen molar-refractivity contribution < 1.29 is 0 Å². The summed E-state index contributed by atoms with van der Waals surface area (Å²) in [4.78, 5) is 0. The van der Waals surface area contributed by atoms with Gasteiger partial charge in [-0.3, -0.25) is 0 Å². The summed E-state index contributed by atoms with van der Waals surface area (Å²) in [6.07, 6.45) is 1.90. The van der Waals surface area contributed by atoms with Gasteiger partial charge in [0.05, 0.1) is 0 Å². The van der Waals surface area contributed by atoms with Gasteiger partial charge in [0.1, 0.15) is 0 Å². The monoisotopic (exact) mass is 182 g/mol. The van der Waals surface area contributed by atoms with Gasteiger partial charge in [-0.25, -0.2) is 0 Å². The van der Waals surface area contributed by atoms with Gasteiger partial charge in [-0.05, 0) is 0 Å². The van der Waals surface area contributed by atoms with E-state index in [1.807, 2.05) is 36.4 Å². The van der Waals surface area contributed by atoms with Crippen LogP contribution in [0.4, 0.5) is 0 Å². The van der Waals surface area contributed by atoms with Crippen LogP contribution in [-0.2, 0) is 0 Å². The maximum atomic E-state index is 2.83. The van der Waals surface area contributed by atoms with Crippen LogP contribution in [0.2, 0.25) is 0 Å². The van der Waals surface area contributed by atoms with Gasteiger partial charge in [0.25, 0.3) is 0 Å². The molecule has 0 heterocycles. The van der Waals surface area contributed by atoms with Gasteiger partial charge in [-0.15, -0.1) is 0 Å². The molecule has 0 saturated carbocycles. The topological polar surface area (TPSA) is 0 Å². The third-order valence-corrected chi connectivity index (χ3v) is 1.27. The van der Waals surface area contributed by atoms with Crippen LogP contribution in [0, 0.1) is 0 Å². The number of rotatable bonds is 1. The molecule has 0 aromatic heterocycles. The van der Waals surface area contributed by atoms with Gasteiger partial charge in [0.2, 0.25) is 0 Å². The van der Waals surface area contributed by atoms with E-state index in [1.54, 1.807) is 0 Å². The average Bonchev–Trinajstić information content (AvgIpc) is 1.91. The Balaban J connectivity index is 2.97. The van der Waals surface area contributed by atoms with E-state index >= 15 is 0 Å². The Bertz CT molecular complexity index is 220. The third-order valence-electron chi connectivity index (χ3n) is 1.03. The van der Waals surface area contributed by atoms with Crippen molar-refractivity contribution in [1.29, 1.82) is 0 Å². The molecule has 44 valence electrons. The zero-order valence-corrected chi connectivity index (χ0v) is 6.59. The molecule has 0 bridgehead atoms. The van der Waals surface area contributed by atoms with E-state index in [2.05, 4.69) is 20.2 Å². The molecule has 9 heavy (non-hydrogen) atoms. The fraction of sp³-hybridized carbons (Fsp3) is 0. The molecule has 0 saturated heterocycles. The summed E-state index contributed by atoms with van der Waals surface area (Å²) < 4.78 is 2.83. The van der Waals surface area contributed by atoms with E-state index in [0.29, 0.717) is 0 Å². The zero-order chi connectivity index (χ0) is 6.53. The van der Waals surface area contributed by atoms with Crippen molar-refractivity contribution in [2.75, 3.05) is 0 Å². The van der Waals surface area contributed by atoms with Crippen molar-refractivity contribution in [2.45, 2.75) is 0 Å². The fourth-order valence-electron chi connectivity index (χ4n) is 0.617. The first-order valence-electron chi connectivity index (χ1n) is 2.69. The van der Waals surface area contributed by atoms with Crippen molar-refractivity contribution in [3.8, 4) is 0 Å². The standard InChI is InChI=1S/C8H6Se/c9-7-6-8-4-2-1-3-5-8/h1-6H. The van der Waals surface area contributed by atoms with E-state index in [9.17, 15) is 0 Å². The normalized spacial score (nSPS) is 8.00. The van der Waals surface area contributed by atoms with Gasteiger partial charge in [-0.2, -0.15) is 0 Å². The van der Waals surface area contributed by atoms with Crippen LogP contribution in [0.1, 0.15) is 5.56 Å². The minimum atomic E-state index is 1.18. The van der Waals surface area contributed by atoms with E-state index < -0.39 is 0 Å². The molecule has 0 N–H and O–H groups in total. The Kier molecular flexibility index (Phi) is 2.47. The van der Waals surface area contributed by atoms with Crippen LogP contribution in [0.3, 0.4) is 0 Å². The van der Waals surface area contributed by atoms with Crippen molar-refractivity contribution in [3.63, 3.8) is 0 Å². The van der Waals surface area contributed by atoms with Crippen molar-refractivity contribution in [3.05, 3.63) is 35.9 Å². The molecule has 0 aliphatic heterocycles. The third kappa shape index (κ3) is 1.99. The van der Waals surface area contributed by atoms with Crippen LogP contribution in [0.25, 0.3) is 6.08 Å². The quantitative estimate of drug-likeness (QED) is 0.572. The van der Waals surface area contributed by atoms with E-state index in [-0.39, 0.29) is 0 Å². The van der Waals surface area contributed by atoms with Crippen LogP contribution < -0.4 is 0 Å². The van der Waals surface area contributed by atoms with Gasteiger partial charge in [0, 0.05) is 0 Å².